The Morgan fingerprint density at radius 2 is 1.65 bits per heavy atom. The highest BCUT2D eigenvalue weighted by Crippen LogP contribution is 2.33. The lowest BCUT2D eigenvalue weighted by Gasteiger charge is -2.23. The highest BCUT2D eigenvalue weighted by atomic mass is 35.5. The van der Waals surface area contributed by atoms with Crippen LogP contribution >= 0.6 is 11.6 Å². The van der Waals surface area contributed by atoms with Gasteiger partial charge in [0.15, 0.2) is 0 Å². The Bertz CT molecular complexity index is 220. The number of alkyl halides is 1. The van der Waals surface area contributed by atoms with E-state index in [0.717, 1.165) is 45.7 Å². The van der Waals surface area contributed by atoms with Gasteiger partial charge in [0.05, 0.1) is 33.0 Å². The number of ether oxygens (including phenoxy) is 4. The third-order valence-corrected chi connectivity index (χ3v) is 4.20. The van der Waals surface area contributed by atoms with Crippen LogP contribution in [0.25, 0.3) is 0 Å². The van der Waals surface area contributed by atoms with E-state index in [-0.39, 0.29) is 5.41 Å². The van der Waals surface area contributed by atoms with Crippen LogP contribution in [0.3, 0.4) is 0 Å². The summed E-state index contributed by atoms with van der Waals surface area (Å²) >= 11 is 6.02. The molecule has 0 aromatic heterocycles. The molecule has 1 aliphatic rings. The molecule has 0 N–H and O–H groups in total. The molecular weight excluding hydrogens is 280 g/mol. The third-order valence-electron chi connectivity index (χ3n) is 3.63. The molecule has 1 heterocycles. The summed E-state index contributed by atoms with van der Waals surface area (Å²) < 4.78 is 21.9. The van der Waals surface area contributed by atoms with E-state index in [2.05, 4.69) is 6.92 Å². The monoisotopic (exact) mass is 308 g/mol. The normalized spacial score (nSPS) is 22.5. The van der Waals surface area contributed by atoms with Crippen LogP contribution in [0.2, 0.25) is 0 Å². The van der Waals surface area contributed by atoms with E-state index in [0.29, 0.717) is 32.3 Å². The standard InChI is InChI=1S/C15H29ClO4/c1-2-3-6-17-9-11-19-12-10-18-7-4-15(13-16)5-8-20-14-15/h2-14H2,1H3. The first-order valence-corrected chi connectivity index (χ1v) is 8.23. The van der Waals surface area contributed by atoms with E-state index in [1.54, 1.807) is 0 Å². The Balaban J connectivity index is 1.83. The molecule has 0 radical (unpaired) electrons. The molecule has 0 spiro atoms. The SMILES string of the molecule is CCCCOCCOCCOCCC1(CCl)CCOC1. The van der Waals surface area contributed by atoms with Gasteiger partial charge in [-0.05, 0) is 19.3 Å². The molecule has 1 saturated heterocycles. The molecule has 5 heteroatoms. The highest BCUT2D eigenvalue weighted by Gasteiger charge is 2.33. The van der Waals surface area contributed by atoms with E-state index in [4.69, 9.17) is 30.5 Å². The predicted molar refractivity (Wildman–Crippen MR) is 80.6 cm³/mol. The van der Waals surface area contributed by atoms with Gasteiger partial charge < -0.3 is 18.9 Å². The third kappa shape index (κ3) is 7.79. The summed E-state index contributed by atoms with van der Waals surface area (Å²) in [6, 6.07) is 0. The predicted octanol–water partition coefficient (Wildman–Crippen LogP) is 2.87. The molecule has 120 valence electrons. The Morgan fingerprint density at radius 3 is 2.20 bits per heavy atom. The second-order valence-electron chi connectivity index (χ2n) is 5.38. The Kier molecular flexibility index (Phi) is 10.7. The van der Waals surface area contributed by atoms with Gasteiger partial charge in [-0.15, -0.1) is 11.6 Å². The van der Waals surface area contributed by atoms with Crippen LogP contribution in [0.15, 0.2) is 0 Å². The van der Waals surface area contributed by atoms with Crippen LogP contribution in [0.5, 0.6) is 0 Å². The van der Waals surface area contributed by atoms with Gasteiger partial charge in [-0.25, -0.2) is 0 Å². The van der Waals surface area contributed by atoms with E-state index in [1.807, 2.05) is 0 Å². The Labute approximate surface area is 128 Å². The zero-order chi connectivity index (χ0) is 14.5. The largest absolute Gasteiger partial charge is 0.381 e. The fourth-order valence-electron chi connectivity index (χ4n) is 2.10. The van der Waals surface area contributed by atoms with Crippen molar-refractivity contribution in [2.75, 3.05) is 58.7 Å². The average Bonchev–Trinajstić information content (AvgIpc) is 2.94. The maximum atomic E-state index is 6.02. The van der Waals surface area contributed by atoms with Crippen LogP contribution in [0.4, 0.5) is 0 Å². The van der Waals surface area contributed by atoms with Crippen molar-refractivity contribution in [3.63, 3.8) is 0 Å². The number of rotatable bonds is 13. The molecule has 0 aromatic carbocycles. The topological polar surface area (TPSA) is 36.9 Å². The minimum absolute atomic E-state index is 0.134. The fourth-order valence-corrected chi connectivity index (χ4v) is 2.44. The molecule has 4 nitrogen and oxygen atoms in total. The van der Waals surface area contributed by atoms with Crippen molar-refractivity contribution < 1.29 is 18.9 Å². The fraction of sp³-hybridized carbons (Fsp3) is 1.00. The molecule has 20 heavy (non-hydrogen) atoms. The molecule has 0 bridgehead atoms. The quantitative estimate of drug-likeness (QED) is 0.387. The Hall–Kier alpha value is 0.130. The lowest BCUT2D eigenvalue weighted by molar-refractivity contribution is 0.00819. The lowest BCUT2D eigenvalue weighted by Crippen LogP contribution is -2.25. The first-order chi connectivity index (χ1) is 9.83. The van der Waals surface area contributed by atoms with Gasteiger partial charge in [-0.1, -0.05) is 13.3 Å². The summed E-state index contributed by atoms with van der Waals surface area (Å²) in [6.07, 6.45) is 4.31. The van der Waals surface area contributed by atoms with Gasteiger partial charge in [-0.3, -0.25) is 0 Å². The second kappa shape index (κ2) is 11.8. The molecule has 0 aromatic rings. The molecule has 1 atom stereocenters. The minimum atomic E-state index is 0.134. The van der Waals surface area contributed by atoms with Crippen LogP contribution in [-0.4, -0.2) is 58.7 Å². The molecule has 0 aliphatic carbocycles. The highest BCUT2D eigenvalue weighted by molar-refractivity contribution is 6.18. The van der Waals surface area contributed by atoms with Gasteiger partial charge in [0.25, 0.3) is 0 Å². The Morgan fingerprint density at radius 1 is 1.00 bits per heavy atom. The van der Waals surface area contributed by atoms with E-state index in [1.165, 1.54) is 6.42 Å². The number of halogens is 1. The maximum Gasteiger partial charge on any atom is 0.0701 e. The molecular formula is C15H29ClO4. The molecule has 1 fully saturated rings. The smallest absolute Gasteiger partial charge is 0.0701 e. The number of hydrogen-bond donors (Lipinski definition) is 0. The maximum absolute atomic E-state index is 6.02. The summed E-state index contributed by atoms with van der Waals surface area (Å²) in [6.45, 7) is 7.89. The summed E-state index contributed by atoms with van der Waals surface area (Å²) in [4.78, 5) is 0. The van der Waals surface area contributed by atoms with Gasteiger partial charge in [0.1, 0.15) is 0 Å². The first-order valence-electron chi connectivity index (χ1n) is 7.70. The lowest BCUT2D eigenvalue weighted by atomic mass is 9.86. The summed E-state index contributed by atoms with van der Waals surface area (Å²) in [7, 11) is 0. The van der Waals surface area contributed by atoms with Crippen LogP contribution < -0.4 is 0 Å². The van der Waals surface area contributed by atoms with Crippen molar-refractivity contribution in [1.82, 2.24) is 0 Å². The van der Waals surface area contributed by atoms with E-state index >= 15 is 0 Å². The molecule has 1 aliphatic heterocycles. The summed E-state index contributed by atoms with van der Waals surface area (Å²) in [5.41, 5.74) is 0.134. The van der Waals surface area contributed by atoms with E-state index < -0.39 is 0 Å². The summed E-state index contributed by atoms with van der Waals surface area (Å²) in [5, 5.41) is 0. The number of hydrogen-bond acceptors (Lipinski definition) is 4. The summed E-state index contributed by atoms with van der Waals surface area (Å²) in [5.74, 6) is 0.655. The second-order valence-corrected chi connectivity index (χ2v) is 5.64. The minimum Gasteiger partial charge on any atom is -0.381 e. The van der Waals surface area contributed by atoms with Crippen molar-refractivity contribution in [2.45, 2.75) is 32.6 Å². The number of unbranched alkanes of at least 4 members (excludes halogenated alkanes) is 1. The van der Waals surface area contributed by atoms with Crippen LogP contribution in [-0.2, 0) is 18.9 Å². The van der Waals surface area contributed by atoms with Crippen LogP contribution in [0, 0.1) is 5.41 Å². The molecule has 1 rings (SSSR count). The van der Waals surface area contributed by atoms with E-state index in [9.17, 15) is 0 Å². The van der Waals surface area contributed by atoms with Crippen molar-refractivity contribution in [3.8, 4) is 0 Å². The van der Waals surface area contributed by atoms with Gasteiger partial charge in [0.2, 0.25) is 0 Å². The molecule has 1 unspecified atom stereocenters. The average molecular weight is 309 g/mol. The van der Waals surface area contributed by atoms with Crippen molar-refractivity contribution in [1.29, 1.82) is 0 Å². The van der Waals surface area contributed by atoms with Crippen molar-refractivity contribution >= 4 is 11.6 Å². The van der Waals surface area contributed by atoms with Crippen LogP contribution in [0.1, 0.15) is 32.6 Å². The van der Waals surface area contributed by atoms with Gasteiger partial charge in [0, 0.05) is 31.1 Å². The first kappa shape index (κ1) is 18.2. The van der Waals surface area contributed by atoms with Crippen molar-refractivity contribution in [2.24, 2.45) is 5.41 Å². The molecule has 0 saturated carbocycles. The molecule has 0 amide bonds. The zero-order valence-electron chi connectivity index (χ0n) is 12.7. The van der Waals surface area contributed by atoms with Crippen molar-refractivity contribution in [3.05, 3.63) is 0 Å². The zero-order valence-corrected chi connectivity index (χ0v) is 13.5. The van der Waals surface area contributed by atoms with Gasteiger partial charge >= 0.3 is 0 Å². The van der Waals surface area contributed by atoms with Gasteiger partial charge in [-0.2, -0.15) is 0 Å².